The maximum absolute atomic E-state index is 5.78. The monoisotopic (exact) mass is 243 g/mol. The highest BCUT2D eigenvalue weighted by atomic mass is 35.5. The number of hydrogen-bond donors (Lipinski definition) is 1. The van der Waals surface area contributed by atoms with E-state index in [4.69, 9.17) is 26.8 Å². The average Bonchev–Trinajstić information content (AvgIpc) is 2.32. The van der Waals surface area contributed by atoms with Crippen molar-refractivity contribution in [1.82, 2.24) is 0 Å². The summed E-state index contributed by atoms with van der Waals surface area (Å²) in [6.07, 6.45) is 0.917. The largest absolute Gasteiger partial charge is 0.493 e. The fourth-order valence-electron chi connectivity index (χ4n) is 1.30. The second kappa shape index (κ2) is 7.49. The molecule has 0 aliphatic carbocycles. The van der Waals surface area contributed by atoms with Gasteiger partial charge in [0.1, 0.15) is 5.75 Å². The van der Waals surface area contributed by atoms with Crippen LogP contribution < -0.4 is 10.5 Å². The zero-order chi connectivity index (χ0) is 11.8. The van der Waals surface area contributed by atoms with E-state index < -0.39 is 0 Å². The van der Waals surface area contributed by atoms with Crippen molar-refractivity contribution >= 4 is 11.6 Å². The number of ether oxygens (including phenoxy) is 2. The lowest BCUT2D eigenvalue weighted by molar-refractivity contribution is 0.157. The van der Waals surface area contributed by atoms with Gasteiger partial charge in [0.15, 0.2) is 0 Å². The molecule has 2 N–H and O–H groups in total. The molecule has 1 aromatic carbocycles. The zero-order valence-corrected chi connectivity index (χ0v) is 10.2. The van der Waals surface area contributed by atoms with Crippen molar-refractivity contribution in [3.63, 3.8) is 0 Å². The van der Waals surface area contributed by atoms with Crippen molar-refractivity contribution < 1.29 is 9.47 Å². The minimum absolute atomic E-state index is 0.329. The molecule has 4 heteroatoms. The molecule has 0 saturated heterocycles. The molecule has 0 radical (unpaired) electrons. The van der Waals surface area contributed by atoms with Crippen LogP contribution in [0.5, 0.6) is 5.75 Å². The van der Waals surface area contributed by atoms with Gasteiger partial charge in [0.05, 0.1) is 6.61 Å². The molecule has 1 rings (SSSR count). The Kier molecular flexibility index (Phi) is 6.23. The molecule has 16 heavy (non-hydrogen) atoms. The Morgan fingerprint density at radius 3 is 2.56 bits per heavy atom. The van der Waals surface area contributed by atoms with E-state index in [-0.39, 0.29) is 0 Å². The lowest BCUT2D eigenvalue weighted by Crippen LogP contribution is -2.22. The first-order chi connectivity index (χ1) is 7.76. The van der Waals surface area contributed by atoms with Crippen LogP contribution in [0.4, 0.5) is 0 Å². The van der Waals surface area contributed by atoms with Crippen LogP contribution in [0.25, 0.3) is 0 Å². The molecular formula is C12H18ClNO2. The Hall–Kier alpha value is -0.770. The molecule has 0 saturated carbocycles. The molecule has 0 bridgehead atoms. The first-order valence-electron chi connectivity index (χ1n) is 5.33. The van der Waals surface area contributed by atoms with Gasteiger partial charge < -0.3 is 15.2 Å². The molecule has 1 unspecified atom stereocenters. The van der Waals surface area contributed by atoms with E-state index in [2.05, 4.69) is 0 Å². The molecule has 0 aromatic heterocycles. The molecule has 1 atom stereocenters. The summed E-state index contributed by atoms with van der Waals surface area (Å²) in [5.74, 6) is 1.15. The summed E-state index contributed by atoms with van der Waals surface area (Å²) < 4.78 is 10.6. The Morgan fingerprint density at radius 1 is 1.31 bits per heavy atom. The van der Waals surface area contributed by atoms with Crippen molar-refractivity contribution in [2.75, 3.05) is 26.9 Å². The van der Waals surface area contributed by atoms with E-state index in [0.717, 1.165) is 12.2 Å². The van der Waals surface area contributed by atoms with Crippen LogP contribution in [0.3, 0.4) is 0 Å². The second-order valence-corrected chi connectivity index (χ2v) is 4.08. The third kappa shape index (κ3) is 4.84. The lowest BCUT2D eigenvalue weighted by Gasteiger charge is -2.15. The summed E-state index contributed by atoms with van der Waals surface area (Å²) >= 11 is 5.78. The van der Waals surface area contributed by atoms with Crippen molar-refractivity contribution in [3.05, 3.63) is 29.3 Å². The molecular weight excluding hydrogens is 226 g/mol. The Balaban J connectivity index is 2.34. The summed E-state index contributed by atoms with van der Waals surface area (Å²) in [6.45, 7) is 1.93. The van der Waals surface area contributed by atoms with Gasteiger partial charge in [0, 0.05) is 24.7 Å². The van der Waals surface area contributed by atoms with Crippen LogP contribution in [0.15, 0.2) is 24.3 Å². The van der Waals surface area contributed by atoms with E-state index in [1.165, 1.54) is 0 Å². The van der Waals surface area contributed by atoms with Crippen LogP contribution in [-0.2, 0) is 4.74 Å². The van der Waals surface area contributed by atoms with Gasteiger partial charge in [0.2, 0.25) is 0 Å². The van der Waals surface area contributed by atoms with E-state index in [1.54, 1.807) is 7.11 Å². The number of benzene rings is 1. The second-order valence-electron chi connectivity index (χ2n) is 3.65. The maximum Gasteiger partial charge on any atom is 0.119 e. The summed E-state index contributed by atoms with van der Waals surface area (Å²) in [4.78, 5) is 0. The van der Waals surface area contributed by atoms with Gasteiger partial charge in [-0.1, -0.05) is 11.6 Å². The number of nitrogens with two attached hydrogens (primary N) is 1. The van der Waals surface area contributed by atoms with Gasteiger partial charge in [-0.3, -0.25) is 0 Å². The fourth-order valence-corrected chi connectivity index (χ4v) is 1.42. The molecule has 90 valence electrons. The smallest absolute Gasteiger partial charge is 0.119 e. The van der Waals surface area contributed by atoms with Gasteiger partial charge in [0.25, 0.3) is 0 Å². The molecule has 0 aliphatic rings. The predicted molar refractivity (Wildman–Crippen MR) is 66.0 cm³/mol. The van der Waals surface area contributed by atoms with Gasteiger partial charge >= 0.3 is 0 Å². The number of hydrogen-bond acceptors (Lipinski definition) is 3. The molecule has 0 spiro atoms. The molecule has 0 aliphatic heterocycles. The number of methoxy groups -OCH3 is 1. The maximum atomic E-state index is 5.78. The Labute approximate surface area is 101 Å². The fraction of sp³-hybridized carbons (Fsp3) is 0.500. The van der Waals surface area contributed by atoms with Crippen LogP contribution >= 0.6 is 11.6 Å². The first-order valence-corrected chi connectivity index (χ1v) is 5.71. The highest BCUT2D eigenvalue weighted by molar-refractivity contribution is 6.30. The lowest BCUT2D eigenvalue weighted by atomic mass is 10.1. The molecule has 3 nitrogen and oxygen atoms in total. The van der Waals surface area contributed by atoms with Crippen molar-refractivity contribution in [2.24, 2.45) is 11.7 Å². The standard InChI is InChI=1S/C12H18ClNO2/c1-15-7-6-10(8-14)9-16-12-4-2-11(13)3-5-12/h2-5,10H,6-9,14H2,1H3. The van der Waals surface area contributed by atoms with Crippen LogP contribution in [0, 0.1) is 5.92 Å². The highest BCUT2D eigenvalue weighted by Gasteiger charge is 2.07. The molecule has 0 amide bonds. The summed E-state index contributed by atoms with van der Waals surface area (Å²) in [5, 5.41) is 0.710. The number of halogens is 1. The Morgan fingerprint density at radius 2 is 2.00 bits per heavy atom. The number of rotatable bonds is 7. The van der Waals surface area contributed by atoms with E-state index in [0.29, 0.717) is 30.7 Å². The molecule has 0 heterocycles. The van der Waals surface area contributed by atoms with E-state index >= 15 is 0 Å². The topological polar surface area (TPSA) is 44.5 Å². The Bertz CT molecular complexity index is 290. The van der Waals surface area contributed by atoms with Crippen molar-refractivity contribution in [3.8, 4) is 5.75 Å². The SMILES string of the molecule is COCCC(CN)COc1ccc(Cl)cc1. The van der Waals surface area contributed by atoms with Gasteiger partial charge in [-0.25, -0.2) is 0 Å². The quantitative estimate of drug-likeness (QED) is 0.800. The minimum atomic E-state index is 0.329. The summed E-state index contributed by atoms with van der Waals surface area (Å²) in [5.41, 5.74) is 5.65. The normalized spacial score (nSPS) is 12.4. The minimum Gasteiger partial charge on any atom is -0.493 e. The molecule has 1 aromatic rings. The van der Waals surface area contributed by atoms with Gasteiger partial charge in [-0.15, -0.1) is 0 Å². The molecule has 0 fully saturated rings. The van der Waals surface area contributed by atoms with Crippen LogP contribution in [-0.4, -0.2) is 26.9 Å². The van der Waals surface area contributed by atoms with Gasteiger partial charge in [-0.2, -0.15) is 0 Å². The summed E-state index contributed by atoms with van der Waals surface area (Å²) in [6, 6.07) is 7.32. The first kappa shape index (κ1) is 13.3. The average molecular weight is 244 g/mol. The van der Waals surface area contributed by atoms with Crippen LogP contribution in [0.2, 0.25) is 5.02 Å². The third-order valence-corrected chi connectivity index (χ3v) is 2.61. The van der Waals surface area contributed by atoms with Crippen LogP contribution in [0.1, 0.15) is 6.42 Å². The van der Waals surface area contributed by atoms with Crippen molar-refractivity contribution in [2.45, 2.75) is 6.42 Å². The third-order valence-electron chi connectivity index (χ3n) is 2.36. The van der Waals surface area contributed by atoms with Crippen molar-refractivity contribution in [1.29, 1.82) is 0 Å². The highest BCUT2D eigenvalue weighted by Crippen LogP contribution is 2.16. The van der Waals surface area contributed by atoms with E-state index in [1.807, 2.05) is 24.3 Å². The van der Waals surface area contributed by atoms with E-state index in [9.17, 15) is 0 Å². The van der Waals surface area contributed by atoms with Gasteiger partial charge in [-0.05, 0) is 37.2 Å². The summed E-state index contributed by atoms with van der Waals surface area (Å²) in [7, 11) is 1.69. The predicted octanol–water partition coefficient (Wildman–Crippen LogP) is 2.33. The zero-order valence-electron chi connectivity index (χ0n) is 9.49.